The molecule has 0 saturated carbocycles. The molecule has 2 heterocycles. The lowest BCUT2D eigenvalue weighted by atomic mass is 10.0. The maximum Gasteiger partial charge on any atom is 0.277 e. The van der Waals surface area contributed by atoms with Crippen molar-refractivity contribution in [2.24, 2.45) is 0 Å². The lowest BCUT2D eigenvalue weighted by Crippen LogP contribution is -3.14. The highest BCUT2D eigenvalue weighted by atomic mass is 16.2. The second-order valence-corrected chi connectivity index (χ2v) is 7.92. The number of nitrogens with zero attached hydrogens (tertiary/aromatic N) is 1. The van der Waals surface area contributed by atoms with Gasteiger partial charge in [0.1, 0.15) is 0 Å². The van der Waals surface area contributed by atoms with E-state index in [0.717, 1.165) is 56.4 Å². The van der Waals surface area contributed by atoms with Gasteiger partial charge in [-0.1, -0.05) is 18.2 Å². The molecule has 26 heavy (non-hydrogen) atoms. The molecular formula is C21H32N3O2+. The monoisotopic (exact) mass is 358 g/mol. The predicted octanol–water partition coefficient (Wildman–Crippen LogP) is 1.17. The van der Waals surface area contributed by atoms with E-state index in [2.05, 4.69) is 17.1 Å². The van der Waals surface area contributed by atoms with Gasteiger partial charge in [-0.05, 0) is 44.7 Å². The van der Waals surface area contributed by atoms with Crippen LogP contribution in [-0.4, -0.2) is 55.0 Å². The molecule has 0 aliphatic carbocycles. The summed E-state index contributed by atoms with van der Waals surface area (Å²) in [6.45, 7) is 7.55. The van der Waals surface area contributed by atoms with Crippen molar-refractivity contribution in [1.29, 1.82) is 0 Å². The van der Waals surface area contributed by atoms with Crippen LogP contribution in [0, 0.1) is 6.92 Å². The molecule has 0 spiro atoms. The van der Waals surface area contributed by atoms with Crippen molar-refractivity contribution in [2.75, 3.05) is 26.2 Å². The highest BCUT2D eigenvalue weighted by Crippen LogP contribution is 2.16. The molecule has 142 valence electrons. The topological polar surface area (TPSA) is 53.9 Å². The lowest BCUT2D eigenvalue weighted by molar-refractivity contribution is -0.897. The second kappa shape index (κ2) is 8.67. The highest BCUT2D eigenvalue weighted by molar-refractivity contribution is 5.95. The van der Waals surface area contributed by atoms with E-state index in [1.54, 1.807) is 0 Å². The fraction of sp³-hybridized carbons (Fsp3) is 0.619. The first kappa shape index (κ1) is 18.9. The third-order valence-electron chi connectivity index (χ3n) is 5.94. The zero-order valence-corrected chi connectivity index (χ0v) is 16.1. The Morgan fingerprint density at radius 3 is 2.58 bits per heavy atom. The molecule has 1 aromatic carbocycles. The molecule has 3 rings (SSSR count). The van der Waals surface area contributed by atoms with Crippen molar-refractivity contribution in [3.63, 3.8) is 0 Å². The number of rotatable bonds is 4. The van der Waals surface area contributed by atoms with Crippen molar-refractivity contribution in [1.82, 2.24) is 10.2 Å². The molecule has 2 N–H and O–H groups in total. The Kier molecular flexibility index (Phi) is 6.30. The molecule has 2 fully saturated rings. The van der Waals surface area contributed by atoms with Gasteiger partial charge < -0.3 is 15.1 Å². The van der Waals surface area contributed by atoms with Crippen LogP contribution in [0.25, 0.3) is 0 Å². The number of carbonyl (C=O) groups excluding carboxylic acids is 2. The summed E-state index contributed by atoms with van der Waals surface area (Å²) in [6, 6.07) is 8.31. The van der Waals surface area contributed by atoms with E-state index >= 15 is 0 Å². The van der Waals surface area contributed by atoms with Crippen LogP contribution < -0.4 is 10.2 Å². The molecule has 0 radical (unpaired) electrons. The third kappa shape index (κ3) is 4.64. The molecule has 2 amide bonds. The van der Waals surface area contributed by atoms with E-state index in [1.165, 1.54) is 11.3 Å². The average Bonchev–Trinajstić information content (AvgIpc) is 2.64. The van der Waals surface area contributed by atoms with Gasteiger partial charge >= 0.3 is 0 Å². The number of carbonyl (C=O) groups is 2. The SMILES string of the molecule is Cc1ccccc1C(=O)NC1CC[NH+](CC(=O)N2CCCC[C@H]2C)CC1. The van der Waals surface area contributed by atoms with Crippen LogP contribution in [0.1, 0.15) is 54.9 Å². The Balaban J connectivity index is 1.45. The number of likely N-dealkylation sites (tertiary alicyclic amines) is 2. The summed E-state index contributed by atoms with van der Waals surface area (Å²) in [7, 11) is 0. The maximum absolute atomic E-state index is 12.6. The fourth-order valence-electron chi connectivity index (χ4n) is 4.22. The normalized spacial score (nSPS) is 26.4. The lowest BCUT2D eigenvalue weighted by Gasteiger charge is -2.35. The van der Waals surface area contributed by atoms with Gasteiger partial charge in [0.05, 0.1) is 13.1 Å². The van der Waals surface area contributed by atoms with E-state index in [-0.39, 0.29) is 11.9 Å². The maximum atomic E-state index is 12.6. The second-order valence-electron chi connectivity index (χ2n) is 7.92. The quantitative estimate of drug-likeness (QED) is 0.849. The summed E-state index contributed by atoms with van der Waals surface area (Å²) in [5, 5.41) is 3.17. The van der Waals surface area contributed by atoms with E-state index in [4.69, 9.17) is 0 Å². The first-order chi connectivity index (χ1) is 12.5. The molecule has 0 aromatic heterocycles. The molecule has 0 unspecified atom stereocenters. The molecule has 2 saturated heterocycles. The predicted molar refractivity (Wildman–Crippen MR) is 102 cm³/mol. The van der Waals surface area contributed by atoms with Crippen LogP contribution in [-0.2, 0) is 4.79 Å². The van der Waals surface area contributed by atoms with Crippen molar-refractivity contribution < 1.29 is 14.5 Å². The van der Waals surface area contributed by atoms with E-state index in [1.807, 2.05) is 31.2 Å². The smallest absolute Gasteiger partial charge is 0.277 e. The van der Waals surface area contributed by atoms with Crippen molar-refractivity contribution >= 4 is 11.8 Å². The Hall–Kier alpha value is -1.88. The average molecular weight is 359 g/mol. The molecule has 1 aromatic rings. The van der Waals surface area contributed by atoms with E-state index < -0.39 is 0 Å². The van der Waals surface area contributed by atoms with Gasteiger partial charge in [-0.25, -0.2) is 0 Å². The van der Waals surface area contributed by atoms with E-state index in [0.29, 0.717) is 18.5 Å². The van der Waals surface area contributed by atoms with Crippen LogP contribution in [0.2, 0.25) is 0 Å². The van der Waals surface area contributed by atoms with Gasteiger partial charge in [0.15, 0.2) is 6.54 Å². The minimum absolute atomic E-state index is 0.0229. The summed E-state index contributed by atoms with van der Waals surface area (Å²) in [4.78, 5) is 28.5. The standard InChI is InChI=1S/C21H31N3O2/c1-16-7-3-4-9-19(16)21(26)22-18-10-13-23(14-11-18)15-20(25)24-12-6-5-8-17(24)2/h3-4,7,9,17-18H,5-6,8,10-15H2,1-2H3,(H,22,26)/p+1/t17-/m1/s1. The van der Waals surface area contributed by atoms with Crippen LogP contribution in [0.3, 0.4) is 0 Å². The molecular weight excluding hydrogens is 326 g/mol. The van der Waals surface area contributed by atoms with Gasteiger partial charge in [0.25, 0.3) is 11.8 Å². The number of nitrogens with one attached hydrogen (secondary N) is 2. The van der Waals surface area contributed by atoms with Crippen molar-refractivity contribution in [3.8, 4) is 0 Å². The number of benzene rings is 1. The van der Waals surface area contributed by atoms with Crippen molar-refractivity contribution in [2.45, 2.75) is 58.0 Å². The summed E-state index contributed by atoms with van der Waals surface area (Å²) >= 11 is 0. The number of hydrogen-bond donors (Lipinski definition) is 2. The summed E-state index contributed by atoms with van der Waals surface area (Å²) in [5.41, 5.74) is 1.77. The zero-order valence-electron chi connectivity index (χ0n) is 16.1. The molecule has 2 aliphatic heterocycles. The largest absolute Gasteiger partial charge is 0.349 e. The van der Waals surface area contributed by atoms with Crippen LogP contribution in [0.5, 0.6) is 0 Å². The summed E-state index contributed by atoms with van der Waals surface area (Å²) < 4.78 is 0. The number of quaternary nitrogens is 1. The van der Waals surface area contributed by atoms with Gasteiger partial charge in [-0.15, -0.1) is 0 Å². The number of amides is 2. The molecule has 2 aliphatic rings. The number of aryl methyl sites for hydroxylation is 1. The van der Waals surface area contributed by atoms with Gasteiger partial charge in [-0.3, -0.25) is 9.59 Å². The fourth-order valence-corrected chi connectivity index (χ4v) is 4.22. The number of hydrogen-bond acceptors (Lipinski definition) is 2. The van der Waals surface area contributed by atoms with Gasteiger partial charge in [0, 0.05) is 37.0 Å². The first-order valence-corrected chi connectivity index (χ1v) is 10.0. The molecule has 1 atom stereocenters. The van der Waals surface area contributed by atoms with Crippen LogP contribution in [0.4, 0.5) is 0 Å². The molecule has 5 heteroatoms. The minimum atomic E-state index is 0.0229. The van der Waals surface area contributed by atoms with Crippen molar-refractivity contribution in [3.05, 3.63) is 35.4 Å². The Bertz CT molecular complexity index is 638. The minimum Gasteiger partial charge on any atom is -0.349 e. The number of piperidine rings is 2. The Morgan fingerprint density at radius 2 is 1.88 bits per heavy atom. The highest BCUT2D eigenvalue weighted by Gasteiger charge is 2.29. The van der Waals surface area contributed by atoms with Gasteiger partial charge in [0.2, 0.25) is 0 Å². The van der Waals surface area contributed by atoms with Crippen LogP contribution in [0.15, 0.2) is 24.3 Å². The Labute approximate surface area is 156 Å². The van der Waals surface area contributed by atoms with Gasteiger partial charge in [-0.2, -0.15) is 0 Å². The zero-order chi connectivity index (χ0) is 18.5. The van der Waals surface area contributed by atoms with Crippen LogP contribution >= 0.6 is 0 Å². The molecule has 5 nitrogen and oxygen atoms in total. The Morgan fingerprint density at radius 1 is 1.15 bits per heavy atom. The van der Waals surface area contributed by atoms with E-state index in [9.17, 15) is 9.59 Å². The summed E-state index contributed by atoms with van der Waals surface area (Å²) in [6.07, 6.45) is 5.39. The molecule has 0 bridgehead atoms. The first-order valence-electron chi connectivity index (χ1n) is 10.0. The summed E-state index contributed by atoms with van der Waals surface area (Å²) in [5.74, 6) is 0.323. The third-order valence-corrected chi connectivity index (χ3v) is 5.94.